The second kappa shape index (κ2) is 4.86. The molecule has 3 atom stereocenters. The third kappa shape index (κ3) is 2.55. The first kappa shape index (κ1) is 11.4. The average molecular weight is 209 g/mol. The van der Waals surface area contributed by atoms with E-state index >= 15 is 0 Å². The van der Waals surface area contributed by atoms with E-state index in [1.807, 2.05) is 0 Å². The van der Waals surface area contributed by atoms with Gasteiger partial charge in [-0.2, -0.15) is 0 Å². The zero-order valence-corrected chi connectivity index (χ0v) is 10.7. The maximum atomic E-state index is 2.65. The van der Waals surface area contributed by atoms with E-state index in [2.05, 4.69) is 25.8 Å². The highest BCUT2D eigenvalue weighted by atomic mass is 15.2. The van der Waals surface area contributed by atoms with E-state index < -0.39 is 0 Å². The van der Waals surface area contributed by atoms with Crippen LogP contribution in [-0.4, -0.2) is 24.0 Å². The fraction of sp³-hybridized carbons (Fsp3) is 1.00. The summed E-state index contributed by atoms with van der Waals surface area (Å²) in [5.41, 5.74) is 0. The van der Waals surface area contributed by atoms with Gasteiger partial charge in [-0.15, -0.1) is 0 Å². The Labute approximate surface area is 95.2 Å². The Bertz CT molecular complexity index is 188. The van der Waals surface area contributed by atoms with Crippen LogP contribution in [0.4, 0.5) is 0 Å². The van der Waals surface area contributed by atoms with Crippen molar-refractivity contribution in [1.29, 1.82) is 0 Å². The molecule has 2 bridgehead atoms. The standard InChI is InChI=1S/C14H27N/c1-4-11(2)5-6-12-9-13-7-8-14(10-12)15(13)3/h11-14H,4-10H2,1-3H3. The van der Waals surface area contributed by atoms with E-state index in [1.54, 1.807) is 0 Å². The number of fused-ring (bicyclic) bond motifs is 2. The fourth-order valence-electron chi connectivity index (χ4n) is 3.48. The summed E-state index contributed by atoms with van der Waals surface area (Å²) >= 11 is 0. The lowest BCUT2D eigenvalue weighted by Crippen LogP contribution is -2.39. The predicted molar refractivity (Wildman–Crippen MR) is 66.0 cm³/mol. The second-order valence-corrected chi connectivity index (χ2v) is 5.98. The highest BCUT2D eigenvalue weighted by molar-refractivity contribution is 4.93. The lowest BCUT2D eigenvalue weighted by Gasteiger charge is -2.36. The Morgan fingerprint density at radius 1 is 1.20 bits per heavy atom. The topological polar surface area (TPSA) is 3.24 Å². The molecule has 0 amide bonds. The van der Waals surface area contributed by atoms with Gasteiger partial charge >= 0.3 is 0 Å². The lowest BCUT2D eigenvalue weighted by molar-refractivity contribution is 0.126. The summed E-state index contributed by atoms with van der Waals surface area (Å²) in [7, 11) is 2.34. The molecule has 2 heterocycles. The van der Waals surface area contributed by atoms with Crippen LogP contribution >= 0.6 is 0 Å². The Kier molecular flexibility index (Phi) is 3.71. The molecule has 0 spiro atoms. The molecule has 2 aliphatic heterocycles. The zero-order valence-electron chi connectivity index (χ0n) is 10.7. The molecule has 15 heavy (non-hydrogen) atoms. The second-order valence-electron chi connectivity index (χ2n) is 5.98. The minimum Gasteiger partial charge on any atom is -0.300 e. The van der Waals surface area contributed by atoms with Crippen molar-refractivity contribution >= 4 is 0 Å². The molecule has 0 saturated carbocycles. The SMILES string of the molecule is CCC(C)CCC1CC2CCC(C1)N2C. The molecule has 2 aliphatic rings. The van der Waals surface area contributed by atoms with Crippen molar-refractivity contribution in [3.63, 3.8) is 0 Å². The van der Waals surface area contributed by atoms with E-state index in [4.69, 9.17) is 0 Å². The number of rotatable bonds is 4. The van der Waals surface area contributed by atoms with Crippen molar-refractivity contribution in [2.45, 2.75) is 70.9 Å². The van der Waals surface area contributed by atoms with Crippen LogP contribution in [-0.2, 0) is 0 Å². The van der Waals surface area contributed by atoms with Crippen LogP contribution in [0, 0.1) is 11.8 Å². The maximum absolute atomic E-state index is 2.65. The summed E-state index contributed by atoms with van der Waals surface area (Å²) in [4.78, 5) is 2.65. The van der Waals surface area contributed by atoms with E-state index in [-0.39, 0.29) is 0 Å². The van der Waals surface area contributed by atoms with Gasteiger partial charge in [0.1, 0.15) is 0 Å². The molecule has 0 radical (unpaired) electrons. The van der Waals surface area contributed by atoms with Crippen LogP contribution in [0.15, 0.2) is 0 Å². The third-order valence-electron chi connectivity index (χ3n) is 4.96. The molecule has 2 fully saturated rings. The zero-order chi connectivity index (χ0) is 10.8. The molecule has 3 unspecified atom stereocenters. The number of hydrogen-bond donors (Lipinski definition) is 0. The van der Waals surface area contributed by atoms with Crippen molar-refractivity contribution in [1.82, 2.24) is 4.90 Å². The van der Waals surface area contributed by atoms with Crippen molar-refractivity contribution in [3.05, 3.63) is 0 Å². The van der Waals surface area contributed by atoms with Gasteiger partial charge in [0.2, 0.25) is 0 Å². The first-order valence-corrected chi connectivity index (χ1v) is 6.92. The highest BCUT2D eigenvalue weighted by Crippen LogP contribution is 2.39. The lowest BCUT2D eigenvalue weighted by atomic mass is 9.85. The smallest absolute Gasteiger partial charge is 0.00983 e. The van der Waals surface area contributed by atoms with E-state index in [0.717, 1.165) is 23.9 Å². The molecule has 2 rings (SSSR count). The van der Waals surface area contributed by atoms with E-state index in [1.165, 1.54) is 44.9 Å². The van der Waals surface area contributed by atoms with Gasteiger partial charge in [0.05, 0.1) is 0 Å². The minimum atomic E-state index is 0.936. The summed E-state index contributed by atoms with van der Waals surface area (Å²) in [5, 5.41) is 0. The molecule has 2 saturated heterocycles. The van der Waals surface area contributed by atoms with Gasteiger partial charge in [-0.25, -0.2) is 0 Å². The van der Waals surface area contributed by atoms with Crippen LogP contribution in [0.2, 0.25) is 0 Å². The summed E-state index contributed by atoms with van der Waals surface area (Å²) in [6.45, 7) is 4.73. The Hall–Kier alpha value is -0.0400. The molecule has 1 nitrogen and oxygen atoms in total. The summed E-state index contributed by atoms with van der Waals surface area (Å²) < 4.78 is 0. The van der Waals surface area contributed by atoms with Crippen LogP contribution < -0.4 is 0 Å². The first-order chi connectivity index (χ1) is 7.20. The molecule has 0 aromatic heterocycles. The predicted octanol–water partition coefficient (Wildman–Crippen LogP) is 3.69. The monoisotopic (exact) mass is 209 g/mol. The van der Waals surface area contributed by atoms with E-state index in [0.29, 0.717) is 0 Å². The molecule has 88 valence electrons. The van der Waals surface area contributed by atoms with Gasteiger partial charge in [-0.1, -0.05) is 33.1 Å². The molecular weight excluding hydrogens is 182 g/mol. The quantitative estimate of drug-likeness (QED) is 0.682. The van der Waals surface area contributed by atoms with Gasteiger partial charge in [0, 0.05) is 12.1 Å². The van der Waals surface area contributed by atoms with Crippen molar-refractivity contribution < 1.29 is 0 Å². The van der Waals surface area contributed by atoms with E-state index in [9.17, 15) is 0 Å². The summed E-state index contributed by atoms with van der Waals surface area (Å²) in [5.74, 6) is 2.00. The van der Waals surface area contributed by atoms with Gasteiger partial charge in [0.25, 0.3) is 0 Å². The first-order valence-electron chi connectivity index (χ1n) is 6.92. The Balaban J connectivity index is 1.77. The molecule has 0 aromatic carbocycles. The molecular formula is C14H27N. The summed E-state index contributed by atoms with van der Waals surface area (Å²) in [6, 6.07) is 1.87. The van der Waals surface area contributed by atoms with Gasteiger partial charge in [-0.05, 0) is 44.6 Å². The third-order valence-corrected chi connectivity index (χ3v) is 4.96. The number of piperidine rings is 1. The van der Waals surface area contributed by atoms with Crippen LogP contribution in [0.5, 0.6) is 0 Å². The van der Waals surface area contributed by atoms with Crippen LogP contribution in [0.3, 0.4) is 0 Å². The fourth-order valence-corrected chi connectivity index (χ4v) is 3.48. The largest absolute Gasteiger partial charge is 0.300 e. The normalized spacial score (nSPS) is 38.2. The molecule has 0 N–H and O–H groups in total. The van der Waals surface area contributed by atoms with Crippen molar-refractivity contribution in [2.24, 2.45) is 11.8 Å². The molecule has 0 aromatic rings. The van der Waals surface area contributed by atoms with Gasteiger partial charge < -0.3 is 4.90 Å². The molecule has 0 aliphatic carbocycles. The molecule has 1 heteroatoms. The minimum absolute atomic E-state index is 0.936. The highest BCUT2D eigenvalue weighted by Gasteiger charge is 2.37. The summed E-state index contributed by atoms with van der Waals surface area (Å²) in [6.07, 6.45) is 10.2. The average Bonchev–Trinajstić information content (AvgIpc) is 2.50. The number of nitrogens with zero attached hydrogens (tertiary/aromatic N) is 1. The maximum Gasteiger partial charge on any atom is 0.00983 e. The Morgan fingerprint density at radius 2 is 1.80 bits per heavy atom. The van der Waals surface area contributed by atoms with Gasteiger partial charge in [-0.3, -0.25) is 0 Å². The van der Waals surface area contributed by atoms with Gasteiger partial charge in [0.15, 0.2) is 0 Å². The van der Waals surface area contributed by atoms with Crippen LogP contribution in [0.25, 0.3) is 0 Å². The number of hydrogen-bond acceptors (Lipinski definition) is 1. The Morgan fingerprint density at radius 3 is 2.33 bits per heavy atom. The van der Waals surface area contributed by atoms with Crippen molar-refractivity contribution in [2.75, 3.05) is 7.05 Å². The van der Waals surface area contributed by atoms with Crippen molar-refractivity contribution in [3.8, 4) is 0 Å². The van der Waals surface area contributed by atoms with Crippen LogP contribution in [0.1, 0.15) is 58.8 Å².